The van der Waals surface area contributed by atoms with Gasteiger partial charge in [0.1, 0.15) is 0 Å². The zero-order chi connectivity index (χ0) is 13.0. The molecule has 94 valence electrons. The number of aryl methyl sites for hydroxylation is 1. The summed E-state index contributed by atoms with van der Waals surface area (Å²) in [5.41, 5.74) is 8.00. The van der Waals surface area contributed by atoms with Crippen LogP contribution in [0.5, 0.6) is 0 Å². The summed E-state index contributed by atoms with van der Waals surface area (Å²) in [6.07, 6.45) is 0.970. The molecule has 1 rings (SSSR count). The minimum absolute atomic E-state index is 0.0874. The average molecular weight is 234 g/mol. The van der Waals surface area contributed by atoms with Gasteiger partial charge in [0, 0.05) is 11.7 Å². The van der Waals surface area contributed by atoms with E-state index >= 15 is 0 Å². The number of anilines is 1. The van der Waals surface area contributed by atoms with Crippen LogP contribution in [0.1, 0.15) is 43.1 Å². The lowest BCUT2D eigenvalue weighted by atomic mass is 10.0. The molecule has 1 atom stereocenters. The number of rotatable bonds is 4. The van der Waals surface area contributed by atoms with Gasteiger partial charge in [0.05, 0.1) is 5.56 Å². The Morgan fingerprint density at radius 1 is 1.35 bits per heavy atom. The Kier molecular flexibility index (Phi) is 4.55. The molecule has 0 aliphatic rings. The van der Waals surface area contributed by atoms with Crippen molar-refractivity contribution >= 4 is 11.6 Å². The van der Waals surface area contributed by atoms with E-state index in [-0.39, 0.29) is 11.9 Å². The molecule has 1 unspecified atom stereocenters. The number of nitrogen functional groups attached to an aromatic ring is 1. The predicted molar refractivity (Wildman–Crippen MR) is 72.0 cm³/mol. The van der Waals surface area contributed by atoms with E-state index in [9.17, 15) is 4.79 Å². The second-order valence-electron chi connectivity index (χ2n) is 5.09. The fourth-order valence-corrected chi connectivity index (χ4v) is 1.96. The van der Waals surface area contributed by atoms with Crippen LogP contribution in [0.15, 0.2) is 18.2 Å². The fourth-order valence-electron chi connectivity index (χ4n) is 1.96. The molecule has 0 radical (unpaired) electrons. The van der Waals surface area contributed by atoms with E-state index in [2.05, 4.69) is 19.2 Å². The zero-order valence-corrected chi connectivity index (χ0v) is 11.1. The second kappa shape index (κ2) is 5.71. The van der Waals surface area contributed by atoms with Crippen molar-refractivity contribution in [1.82, 2.24) is 5.32 Å². The number of carbonyl (C=O) groups is 1. The molecule has 3 heteroatoms. The molecule has 0 bridgehead atoms. The van der Waals surface area contributed by atoms with E-state index in [1.165, 1.54) is 0 Å². The molecule has 0 fully saturated rings. The molecule has 0 heterocycles. The third kappa shape index (κ3) is 4.10. The van der Waals surface area contributed by atoms with E-state index in [0.29, 0.717) is 17.2 Å². The molecular formula is C14H22N2O. The summed E-state index contributed by atoms with van der Waals surface area (Å²) < 4.78 is 0. The topological polar surface area (TPSA) is 55.1 Å². The lowest BCUT2D eigenvalue weighted by Crippen LogP contribution is -2.33. The monoisotopic (exact) mass is 234 g/mol. The first kappa shape index (κ1) is 13.6. The number of nitrogens with two attached hydrogens (primary N) is 1. The van der Waals surface area contributed by atoms with Gasteiger partial charge in [-0.05, 0) is 43.9 Å². The molecule has 0 aromatic heterocycles. The van der Waals surface area contributed by atoms with Gasteiger partial charge in [-0.15, -0.1) is 0 Å². The van der Waals surface area contributed by atoms with E-state index in [0.717, 1.165) is 12.0 Å². The Morgan fingerprint density at radius 2 is 2.00 bits per heavy atom. The normalized spacial score (nSPS) is 12.5. The molecule has 1 aromatic carbocycles. The van der Waals surface area contributed by atoms with Crippen molar-refractivity contribution in [3.05, 3.63) is 29.3 Å². The Balaban J connectivity index is 2.70. The van der Waals surface area contributed by atoms with Crippen molar-refractivity contribution in [3.63, 3.8) is 0 Å². The summed E-state index contributed by atoms with van der Waals surface area (Å²) in [6.45, 7) is 8.26. The molecule has 17 heavy (non-hydrogen) atoms. The summed E-state index contributed by atoms with van der Waals surface area (Å²) in [5, 5.41) is 2.97. The third-order valence-electron chi connectivity index (χ3n) is 2.65. The van der Waals surface area contributed by atoms with Gasteiger partial charge >= 0.3 is 0 Å². The highest BCUT2D eigenvalue weighted by Crippen LogP contribution is 2.14. The van der Waals surface area contributed by atoms with Gasteiger partial charge in [-0.25, -0.2) is 0 Å². The number of hydrogen-bond acceptors (Lipinski definition) is 2. The molecule has 0 aliphatic heterocycles. The lowest BCUT2D eigenvalue weighted by molar-refractivity contribution is 0.0937. The Labute approximate surface area is 103 Å². The quantitative estimate of drug-likeness (QED) is 0.787. The van der Waals surface area contributed by atoms with Crippen molar-refractivity contribution in [2.24, 2.45) is 5.92 Å². The van der Waals surface area contributed by atoms with Crippen LogP contribution in [0.25, 0.3) is 0 Å². The van der Waals surface area contributed by atoms with Crippen molar-refractivity contribution < 1.29 is 4.79 Å². The molecule has 1 amide bonds. The van der Waals surface area contributed by atoms with Gasteiger partial charge in [0.15, 0.2) is 0 Å². The lowest BCUT2D eigenvalue weighted by Gasteiger charge is -2.16. The van der Waals surface area contributed by atoms with Crippen LogP contribution in [0, 0.1) is 12.8 Å². The first-order chi connectivity index (χ1) is 7.90. The molecule has 0 saturated carbocycles. The Bertz CT molecular complexity index is 399. The SMILES string of the molecule is Cc1ccc(C(=O)NC(C)CC(C)C)c(N)c1. The van der Waals surface area contributed by atoms with Gasteiger partial charge in [0.25, 0.3) is 5.91 Å². The first-order valence-corrected chi connectivity index (χ1v) is 6.07. The Morgan fingerprint density at radius 3 is 2.53 bits per heavy atom. The van der Waals surface area contributed by atoms with Gasteiger partial charge in [-0.1, -0.05) is 19.9 Å². The highest BCUT2D eigenvalue weighted by Gasteiger charge is 2.13. The van der Waals surface area contributed by atoms with Gasteiger partial charge in [-0.2, -0.15) is 0 Å². The minimum Gasteiger partial charge on any atom is -0.398 e. The van der Waals surface area contributed by atoms with E-state index < -0.39 is 0 Å². The van der Waals surface area contributed by atoms with Gasteiger partial charge in [-0.3, -0.25) is 4.79 Å². The largest absolute Gasteiger partial charge is 0.398 e. The second-order valence-corrected chi connectivity index (χ2v) is 5.09. The summed E-state index contributed by atoms with van der Waals surface area (Å²) in [7, 11) is 0. The maximum atomic E-state index is 12.0. The van der Waals surface area contributed by atoms with Crippen LogP contribution in [0.2, 0.25) is 0 Å². The number of amides is 1. The molecule has 0 saturated heterocycles. The van der Waals surface area contributed by atoms with Crippen molar-refractivity contribution in [2.45, 2.75) is 40.2 Å². The van der Waals surface area contributed by atoms with Gasteiger partial charge < -0.3 is 11.1 Å². The molecule has 1 aromatic rings. The maximum absolute atomic E-state index is 12.0. The summed E-state index contributed by atoms with van der Waals surface area (Å²) in [5.74, 6) is 0.483. The molecule has 3 N–H and O–H groups in total. The van der Waals surface area contributed by atoms with Crippen LogP contribution >= 0.6 is 0 Å². The van der Waals surface area contributed by atoms with Crippen LogP contribution in [-0.2, 0) is 0 Å². The summed E-state index contributed by atoms with van der Waals surface area (Å²) >= 11 is 0. The molecule has 0 spiro atoms. The van der Waals surface area contributed by atoms with E-state index in [1.54, 1.807) is 6.07 Å². The fraction of sp³-hybridized carbons (Fsp3) is 0.500. The first-order valence-electron chi connectivity index (χ1n) is 6.07. The van der Waals surface area contributed by atoms with Crippen LogP contribution in [0.4, 0.5) is 5.69 Å². The molecule has 0 aliphatic carbocycles. The summed E-state index contributed by atoms with van der Waals surface area (Å²) in [6, 6.07) is 5.67. The van der Waals surface area contributed by atoms with Crippen molar-refractivity contribution in [3.8, 4) is 0 Å². The molecular weight excluding hydrogens is 212 g/mol. The summed E-state index contributed by atoms with van der Waals surface area (Å²) in [4.78, 5) is 12.0. The number of carbonyl (C=O) groups excluding carboxylic acids is 1. The van der Waals surface area contributed by atoms with Gasteiger partial charge in [0.2, 0.25) is 0 Å². The Hall–Kier alpha value is -1.51. The van der Waals surface area contributed by atoms with Crippen LogP contribution in [0.3, 0.4) is 0 Å². The highest BCUT2D eigenvalue weighted by molar-refractivity contribution is 5.99. The van der Waals surface area contributed by atoms with Crippen molar-refractivity contribution in [2.75, 3.05) is 5.73 Å². The minimum atomic E-state index is -0.0874. The zero-order valence-electron chi connectivity index (χ0n) is 11.1. The van der Waals surface area contributed by atoms with Crippen molar-refractivity contribution in [1.29, 1.82) is 0 Å². The predicted octanol–water partition coefficient (Wildman–Crippen LogP) is 2.74. The smallest absolute Gasteiger partial charge is 0.253 e. The molecule has 3 nitrogen and oxygen atoms in total. The maximum Gasteiger partial charge on any atom is 0.253 e. The number of nitrogens with one attached hydrogen (secondary N) is 1. The average Bonchev–Trinajstić information content (AvgIpc) is 2.15. The van der Waals surface area contributed by atoms with Crippen LogP contribution < -0.4 is 11.1 Å². The van der Waals surface area contributed by atoms with E-state index in [4.69, 9.17) is 5.73 Å². The third-order valence-corrected chi connectivity index (χ3v) is 2.65. The highest BCUT2D eigenvalue weighted by atomic mass is 16.1. The standard InChI is InChI=1S/C14H22N2O/c1-9(2)7-11(4)16-14(17)12-6-5-10(3)8-13(12)15/h5-6,8-9,11H,7,15H2,1-4H3,(H,16,17). The van der Waals surface area contributed by atoms with E-state index in [1.807, 2.05) is 26.0 Å². The number of hydrogen-bond donors (Lipinski definition) is 2. The van der Waals surface area contributed by atoms with Crippen LogP contribution in [-0.4, -0.2) is 11.9 Å². The number of benzene rings is 1.